The van der Waals surface area contributed by atoms with E-state index >= 15 is 0 Å². The highest BCUT2D eigenvalue weighted by Crippen LogP contribution is 2.41. The maximum atomic E-state index is 13.8. The van der Waals surface area contributed by atoms with Crippen molar-refractivity contribution in [1.82, 2.24) is 10.2 Å². The number of nitrogens with one attached hydrogen (secondary N) is 1. The Hall–Kier alpha value is -4.02. The van der Waals surface area contributed by atoms with Gasteiger partial charge in [-0.1, -0.05) is 42.5 Å². The van der Waals surface area contributed by atoms with E-state index in [1.807, 2.05) is 25.1 Å². The first-order valence-electron chi connectivity index (χ1n) is 12.8. The van der Waals surface area contributed by atoms with Crippen molar-refractivity contribution < 1.29 is 29.1 Å². The van der Waals surface area contributed by atoms with Crippen LogP contribution in [0.4, 0.5) is 5.69 Å². The van der Waals surface area contributed by atoms with Gasteiger partial charge in [0.1, 0.15) is 12.2 Å². The van der Waals surface area contributed by atoms with Crippen LogP contribution in [0.15, 0.2) is 77.1 Å². The lowest BCUT2D eigenvalue weighted by Gasteiger charge is -2.33. The van der Waals surface area contributed by atoms with Gasteiger partial charge in [0.25, 0.3) is 5.69 Å². The average Bonchev–Trinajstić information content (AvgIpc) is 3.26. The molecule has 4 rings (SSSR count). The van der Waals surface area contributed by atoms with E-state index in [2.05, 4.69) is 22.3 Å². The molecule has 10 heteroatoms. The minimum absolute atomic E-state index is 0.128. The van der Waals surface area contributed by atoms with Gasteiger partial charge in [0.05, 0.1) is 28.6 Å². The Bertz CT molecular complexity index is 1320. The summed E-state index contributed by atoms with van der Waals surface area (Å²) in [5.41, 5.74) is 1.86. The van der Waals surface area contributed by atoms with Crippen molar-refractivity contribution in [1.29, 1.82) is 0 Å². The van der Waals surface area contributed by atoms with Gasteiger partial charge in [0.15, 0.2) is 0 Å². The number of benzene rings is 2. The first kappa shape index (κ1) is 28.0. The summed E-state index contributed by atoms with van der Waals surface area (Å²) in [6.07, 6.45) is 0.632. The molecule has 1 fully saturated rings. The third-order valence-corrected chi connectivity index (χ3v) is 7.04. The lowest BCUT2D eigenvalue weighted by atomic mass is 9.80. The normalized spacial score (nSPS) is 21.5. The molecule has 0 amide bonds. The summed E-state index contributed by atoms with van der Waals surface area (Å²) in [5, 5.41) is 23.8. The Labute approximate surface area is 227 Å². The van der Waals surface area contributed by atoms with Crippen LogP contribution in [0.2, 0.25) is 0 Å². The SMILES string of the molecule is CC1=C(C(=O)OCCO)C(c2cccc([N+](=O)[O-])c2)C(C(=O)OC2(C)CCN(Cc3ccccc3)C2)=C(C)N1. The molecular weight excluding hydrogens is 502 g/mol. The van der Waals surface area contributed by atoms with Gasteiger partial charge in [0.2, 0.25) is 0 Å². The van der Waals surface area contributed by atoms with Gasteiger partial charge in [-0.15, -0.1) is 0 Å². The number of ether oxygens (including phenoxy) is 2. The Balaban J connectivity index is 1.64. The number of rotatable bonds is 9. The number of nitrogens with zero attached hydrogens (tertiary/aromatic N) is 2. The Morgan fingerprint density at radius 3 is 2.46 bits per heavy atom. The standard InChI is InChI=1S/C29H33N3O7/c1-19-24(27(34)38-15-14-33)26(22-10-7-11-23(16-22)32(36)37)25(20(2)30-19)28(35)39-29(3)12-13-31(18-29)17-21-8-5-4-6-9-21/h4-11,16,26,30,33H,12-15,17-18H2,1-3H3. The quantitative estimate of drug-likeness (QED) is 0.281. The van der Waals surface area contributed by atoms with E-state index in [1.165, 1.54) is 23.8 Å². The number of aliphatic hydroxyl groups excluding tert-OH is 1. The molecule has 1 saturated heterocycles. The number of likely N-dealkylation sites (tertiary alicyclic amines) is 1. The first-order valence-corrected chi connectivity index (χ1v) is 12.8. The van der Waals surface area contributed by atoms with Gasteiger partial charge in [0, 0.05) is 49.6 Å². The fourth-order valence-electron chi connectivity index (χ4n) is 5.27. The number of hydrogen-bond donors (Lipinski definition) is 2. The molecule has 0 spiro atoms. The van der Waals surface area contributed by atoms with Crippen LogP contribution < -0.4 is 5.32 Å². The van der Waals surface area contributed by atoms with E-state index in [1.54, 1.807) is 19.9 Å². The summed E-state index contributed by atoms with van der Waals surface area (Å²) < 4.78 is 11.3. The molecule has 2 aromatic rings. The van der Waals surface area contributed by atoms with Crippen molar-refractivity contribution in [3.05, 3.63) is 98.4 Å². The molecule has 0 aromatic heterocycles. The lowest BCUT2D eigenvalue weighted by Crippen LogP contribution is -2.39. The molecule has 2 heterocycles. The van der Waals surface area contributed by atoms with E-state index in [4.69, 9.17) is 9.47 Å². The summed E-state index contributed by atoms with van der Waals surface area (Å²) in [6, 6.07) is 15.9. The minimum Gasteiger partial charge on any atom is -0.460 e. The smallest absolute Gasteiger partial charge is 0.337 e. The summed E-state index contributed by atoms with van der Waals surface area (Å²) in [5.74, 6) is -2.31. The second-order valence-electron chi connectivity index (χ2n) is 10.1. The zero-order valence-corrected chi connectivity index (χ0v) is 22.3. The van der Waals surface area contributed by atoms with Gasteiger partial charge in [-0.05, 0) is 31.9 Å². The van der Waals surface area contributed by atoms with Gasteiger partial charge >= 0.3 is 11.9 Å². The molecule has 2 N–H and O–H groups in total. The number of nitro groups is 1. The van der Waals surface area contributed by atoms with Gasteiger partial charge in [-0.25, -0.2) is 9.59 Å². The summed E-state index contributed by atoms with van der Waals surface area (Å²) in [6.45, 7) is 6.70. The maximum Gasteiger partial charge on any atom is 0.337 e. The molecule has 39 heavy (non-hydrogen) atoms. The number of hydrogen-bond acceptors (Lipinski definition) is 9. The third kappa shape index (κ3) is 6.35. The highest BCUT2D eigenvalue weighted by molar-refractivity contribution is 6.00. The van der Waals surface area contributed by atoms with E-state index in [9.17, 15) is 24.8 Å². The van der Waals surface area contributed by atoms with Crippen molar-refractivity contribution in [2.75, 3.05) is 26.3 Å². The molecule has 10 nitrogen and oxygen atoms in total. The van der Waals surface area contributed by atoms with E-state index in [-0.39, 0.29) is 30.0 Å². The number of dihydropyridines is 1. The maximum absolute atomic E-state index is 13.8. The predicted molar refractivity (Wildman–Crippen MR) is 143 cm³/mol. The number of nitro benzene ring substituents is 1. The molecule has 2 aromatic carbocycles. The van der Waals surface area contributed by atoms with Crippen molar-refractivity contribution in [2.24, 2.45) is 0 Å². The second kappa shape index (κ2) is 11.8. The molecule has 0 radical (unpaired) electrons. The van der Waals surface area contributed by atoms with E-state index in [0.717, 1.165) is 13.1 Å². The van der Waals surface area contributed by atoms with Crippen LogP contribution in [-0.2, 0) is 25.6 Å². The molecule has 2 atom stereocenters. The molecule has 0 saturated carbocycles. The first-order chi connectivity index (χ1) is 18.6. The van der Waals surface area contributed by atoms with Crippen LogP contribution in [0.3, 0.4) is 0 Å². The van der Waals surface area contributed by atoms with Gasteiger partial charge in [-0.2, -0.15) is 0 Å². The van der Waals surface area contributed by atoms with Crippen LogP contribution in [-0.4, -0.2) is 58.8 Å². The molecular formula is C29H33N3O7. The Kier molecular flexibility index (Phi) is 8.47. The highest BCUT2D eigenvalue weighted by Gasteiger charge is 2.43. The minimum atomic E-state index is -0.963. The number of carbonyl (C=O) groups is 2. The average molecular weight is 536 g/mol. The fraction of sp³-hybridized carbons (Fsp3) is 0.379. The summed E-state index contributed by atoms with van der Waals surface area (Å²) in [4.78, 5) is 40.2. The zero-order chi connectivity index (χ0) is 28.2. The monoisotopic (exact) mass is 535 g/mol. The van der Waals surface area contributed by atoms with E-state index < -0.39 is 28.4 Å². The van der Waals surface area contributed by atoms with Crippen LogP contribution in [0, 0.1) is 10.1 Å². The van der Waals surface area contributed by atoms with Crippen molar-refractivity contribution in [3.63, 3.8) is 0 Å². The fourth-order valence-corrected chi connectivity index (χ4v) is 5.27. The second-order valence-corrected chi connectivity index (χ2v) is 10.1. The molecule has 2 aliphatic heterocycles. The Morgan fingerprint density at radius 1 is 1.10 bits per heavy atom. The predicted octanol–water partition coefficient (Wildman–Crippen LogP) is 3.57. The topological polar surface area (TPSA) is 131 Å². The van der Waals surface area contributed by atoms with Gasteiger partial charge in [-0.3, -0.25) is 15.0 Å². The highest BCUT2D eigenvalue weighted by atomic mass is 16.6. The third-order valence-electron chi connectivity index (χ3n) is 7.04. The lowest BCUT2D eigenvalue weighted by molar-refractivity contribution is -0.384. The van der Waals surface area contributed by atoms with Gasteiger partial charge < -0.3 is 19.9 Å². The molecule has 0 bridgehead atoms. The van der Waals surface area contributed by atoms with E-state index in [0.29, 0.717) is 29.9 Å². The van der Waals surface area contributed by atoms with Crippen molar-refractivity contribution in [2.45, 2.75) is 45.3 Å². The largest absolute Gasteiger partial charge is 0.460 e. The molecule has 0 aliphatic carbocycles. The number of aliphatic hydroxyl groups is 1. The Morgan fingerprint density at radius 2 is 1.79 bits per heavy atom. The number of esters is 2. The van der Waals surface area contributed by atoms with Crippen LogP contribution in [0.25, 0.3) is 0 Å². The molecule has 206 valence electrons. The number of carbonyl (C=O) groups excluding carboxylic acids is 2. The summed E-state index contributed by atoms with van der Waals surface area (Å²) >= 11 is 0. The number of allylic oxidation sites excluding steroid dienone is 2. The molecule has 2 aliphatic rings. The summed E-state index contributed by atoms with van der Waals surface area (Å²) in [7, 11) is 0. The zero-order valence-electron chi connectivity index (χ0n) is 22.3. The van der Waals surface area contributed by atoms with Crippen molar-refractivity contribution in [3.8, 4) is 0 Å². The number of non-ortho nitro benzene ring substituents is 1. The van der Waals surface area contributed by atoms with Crippen molar-refractivity contribution >= 4 is 17.6 Å². The molecule has 2 unspecified atom stereocenters. The van der Waals surface area contributed by atoms with Crippen LogP contribution in [0.5, 0.6) is 0 Å². The van der Waals surface area contributed by atoms with Crippen LogP contribution in [0.1, 0.15) is 44.2 Å². The van der Waals surface area contributed by atoms with Crippen LogP contribution >= 0.6 is 0 Å².